The third kappa shape index (κ3) is 2.28. The Morgan fingerprint density at radius 3 is 2.24 bits per heavy atom. The minimum atomic E-state index is -0.534. The second-order valence-corrected chi connectivity index (χ2v) is 5.80. The highest BCUT2D eigenvalue weighted by atomic mass is 16.6. The number of hydrogen-bond acceptors (Lipinski definition) is 2. The van der Waals surface area contributed by atoms with Gasteiger partial charge in [-0.3, -0.25) is 0 Å². The largest absolute Gasteiger partial charge is 0.436 e. The number of carbonyl (C=O) groups is 1. The molecule has 1 atom stereocenters. The van der Waals surface area contributed by atoms with Gasteiger partial charge in [0.2, 0.25) is 0 Å². The highest BCUT2D eigenvalue weighted by Gasteiger charge is 2.37. The number of nitrogens with one attached hydrogen (secondary N) is 1. The van der Waals surface area contributed by atoms with E-state index in [0.717, 1.165) is 5.56 Å². The van der Waals surface area contributed by atoms with Gasteiger partial charge >= 0.3 is 6.09 Å². The Labute approximate surface area is 102 Å². The lowest BCUT2D eigenvalue weighted by Crippen LogP contribution is -2.26. The maximum Gasteiger partial charge on any atom is 0.408 e. The third-order valence-electron chi connectivity index (χ3n) is 3.25. The summed E-state index contributed by atoms with van der Waals surface area (Å²) in [6.45, 7) is 9.00. The minimum absolute atomic E-state index is 0.143. The summed E-state index contributed by atoms with van der Waals surface area (Å²) in [5, 5.41) is 2.69. The van der Waals surface area contributed by atoms with Crippen molar-refractivity contribution in [2.24, 2.45) is 0 Å². The molecule has 0 aromatic heterocycles. The third-order valence-corrected chi connectivity index (χ3v) is 3.25. The Morgan fingerprint density at radius 1 is 1.24 bits per heavy atom. The summed E-state index contributed by atoms with van der Waals surface area (Å²) >= 11 is 0. The van der Waals surface area contributed by atoms with E-state index < -0.39 is 5.60 Å². The van der Waals surface area contributed by atoms with Crippen LogP contribution in [0.2, 0.25) is 0 Å². The van der Waals surface area contributed by atoms with Crippen molar-refractivity contribution in [1.82, 2.24) is 5.32 Å². The Balaban J connectivity index is 2.27. The van der Waals surface area contributed by atoms with Crippen molar-refractivity contribution >= 4 is 6.09 Å². The van der Waals surface area contributed by atoms with Gasteiger partial charge in [-0.2, -0.15) is 0 Å². The first-order chi connectivity index (χ1) is 7.81. The topological polar surface area (TPSA) is 38.3 Å². The lowest BCUT2D eigenvalue weighted by Gasteiger charge is -2.24. The molecule has 1 fully saturated rings. The SMILES string of the molecule is CC(C)(C)c1ccc(C2(C)CNC(=O)O2)cc1. The second kappa shape index (κ2) is 3.76. The number of rotatable bonds is 1. The van der Waals surface area contributed by atoms with Crippen LogP contribution in [0, 0.1) is 0 Å². The summed E-state index contributed by atoms with van der Waals surface area (Å²) in [5.74, 6) is 0. The van der Waals surface area contributed by atoms with Gasteiger partial charge in [0.1, 0.15) is 0 Å². The van der Waals surface area contributed by atoms with Crippen molar-refractivity contribution in [1.29, 1.82) is 0 Å². The molecule has 0 aliphatic carbocycles. The van der Waals surface area contributed by atoms with E-state index in [9.17, 15) is 4.79 Å². The molecule has 2 rings (SSSR count). The van der Waals surface area contributed by atoms with Crippen molar-refractivity contribution < 1.29 is 9.53 Å². The van der Waals surface area contributed by atoms with Crippen LogP contribution in [0.25, 0.3) is 0 Å². The number of carbonyl (C=O) groups excluding carboxylic acids is 1. The Hall–Kier alpha value is -1.51. The molecule has 92 valence electrons. The van der Waals surface area contributed by atoms with Crippen molar-refractivity contribution in [3.05, 3.63) is 35.4 Å². The molecule has 0 bridgehead atoms. The van der Waals surface area contributed by atoms with E-state index in [4.69, 9.17) is 4.74 Å². The second-order valence-electron chi connectivity index (χ2n) is 5.80. The Kier molecular flexibility index (Phi) is 2.64. The van der Waals surface area contributed by atoms with Crippen LogP contribution in [0.4, 0.5) is 4.79 Å². The highest BCUT2D eigenvalue weighted by Crippen LogP contribution is 2.30. The number of alkyl carbamates (subject to hydrolysis) is 1. The number of benzene rings is 1. The average Bonchev–Trinajstić information content (AvgIpc) is 2.59. The first-order valence-electron chi connectivity index (χ1n) is 5.89. The molecule has 3 nitrogen and oxygen atoms in total. The smallest absolute Gasteiger partial charge is 0.408 e. The summed E-state index contributed by atoms with van der Waals surface area (Å²) in [7, 11) is 0. The summed E-state index contributed by atoms with van der Waals surface area (Å²) in [5.41, 5.74) is 1.92. The average molecular weight is 233 g/mol. The molecule has 1 saturated heterocycles. The van der Waals surface area contributed by atoms with Crippen LogP contribution in [0.15, 0.2) is 24.3 Å². The summed E-state index contributed by atoms with van der Waals surface area (Å²) in [6, 6.07) is 8.29. The summed E-state index contributed by atoms with van der Waals surface area (Å²) < 4.78 is 5.31. The maximum absolute atomic E-state index is 11.1. The Bertz CT molecular complexity index is 431. The van der Waals surface area contributed by atoms with Gasteiger partial charge in [0.15, 0.2) is 5.60 Å². The van der Waals surface area contributed by atoms with Crippen LogP contribution in [-0.4, -0.2) is 12.6 Å². The van der Waals surface area contributed by atoms with Crippen molar-refractivity contribution in [2.75, 3.05) is 6.54 Å². The van der Waals surface area contributed by atoms with E-state index in [2.05, 4.69) is 38.2 Å². The maximum atomic E-state index is 11.1. The van der Waals surface area contributed by atoms with E-state index in [1.54, 1.807) is 0 Å². The first-order valence-corrected chi connectivity index (χ1v) is 5.89. The molecule has 1 aromatic carbocycles. The number of amides is 1. The van der Waals surface area contributed by atoms with Gasteiger partial charge in [-0.25, -0.2) is 4.79 Å². The van der Waals surface area contributed by atoms with Gasteiger partial charge in [0.25, 0.3) is 0 Å². The van der Waals surface area contributed by atoms with Crippen LogP contribution in [0.3, 0.4) is 0 Å². The van der Waals surface area contributed by atoms with Crippen molar-refractivity contribution in [3.8, 4) is 0 Å². The molecule has 1 aliphatic heterocycles. The molecule has 1 aliphatic rings. The molecule has 1 heterocycles. The monoisotopic (exact) mass is 233 g/mol. The molecule has 0 radical (unpaired) electrons. The number of ether oxygens (including phenoxy) is 1. The number of hydrogen-bond donors (Lipinski definition) is 1. The Morgan fingerprint density at radius 2 is 1.82 bits per heavy atom. The zero-order chi connectivity index (χ0) is 12.7. The quantitative estimate of drug-likeness (QED) is 0.810. The predicted octanol–water partition coefficient (Wildman–Crippen LogP) is 2.94. The van der Waals surface area contributed by atoms with E-state index in [1.807, 2.05) is 19.1 Å². The fourth-order valence-corrected chi connectivity index (χ4v) is 2.00. The zero-order valence-corrected chi connectivity index (χ0v) is 10.8. The van der Waals surface area contributed by atoms with E-state index in [-0.39, 0.29) is 11.5 Å². The fourth-order valence-electron chi connectivity index (χ4n) is 2.00. The molecular formula is C14H19NO2. The minimum Gasteiger partial charge on any atom is -0.436 e. The number of cyclic esters (lactones) is 1. The van der Waals surface area contributed by atoms with Crippen LogP contribution in [0.1, 0.15) is 38.8 Å². The highest BCUT2D eigenvalue weighted by molar-refractivity contribution is 5.70. The van der Waals surface area contributed by atoms with E-state index in [0.29, 0.717) is 6.54 Å². The molecule has 1 aromatic rings. The van der Waals surface area contributed by atoms with E-state index >= 15 is 0 Å². The molecule has 0 spiro atoms. The van der Waals surface area contributed by atoms with Gasteiger partial charge in [-0.05, 0) is 23.5 Å². The zero-order valence-electron chi connectivity index (χ0n) is 10.8. The molecule has 17 heavy (non-hydrogen) atoms. The van der Waals surface area contributed by atoms with Crippen LogP contribution < -0.4 is 5.32 Å². The van der Waals surface area contributed by atoms with Crippen molar-refractivity contribution in [2.45, 2.75) is 38.7 Å². The normalized spacial score (nSPS) is 24.4. The fraction of sp³-hybridized carbons (Fsp3) is 0.500. The molecule has 1 N–H and O–H groups in total. The molecule has 0 saturated carbocycles. The van der Waals surface area contributed by atoms with Gasteiger partial charge in [-0.15, -0.1) is 0 Å². The lowest BCUT2D eigenvalue weighted by atomic mass is 9.85. The molecule has 3 heteroatoms. The first kappa shape index (κ1) is 12.0. The predicted molar refractivity (Wildman–Crippen MR) is 67.0 cm³/mol. The van der Waals surface area contributed by atoms with Gasteiger partial charge in [0.05, 0.1) is 6.54 Å². The lowest BCUT2D eigenvalue weighted by molar-refractivity contribution is 0.0704. The van der Waals surface area contributed by atoms with Gasteiger partial charge in [-0.1, -0.05) is 45.0 Å². The van der Waals surface area contributed by atoms with Crippen LogP contribution >= 0.6 is 0 Å². The van der Waals surface area contributed by atoms with E-state index in [1.165, 1.54) is 5.56 Å². The summed E-state index contributed by atoms with van der Waals surface area (Å²) in [4.78, 5) is 11.1. The standard InChI is InChI=1S/C14H19NO2/c1-13(2,3)10-5-7-11(8-6-10)14(4)9-15-12(16)17-14/h5-8H,9H2,1-4H3,(H,15,16). The van der Waals surface area contributed by atoms with Crippen LogP contribution in [0.5, 0.6) is 0 Å². The molecule has 1 unspecified atom stereocenters. The molecular weight excluding hydrogens is 214 g/mol. The van der Waals surface area contributed by atoms with Gasteiger partial charge < -0.3 is 10.1 Å². The van der Waals surface area contributed by atoms with Crippen molar-refractivity contribution in [3.63, 3.8) is 0 Å². The molecule has 1 amide bonds. The summed E-state index contributed by atoms with van der Waals surface area (Å²) in [6.07, 6.45) is -0.340. The van der Waals surface area contributed by atoms with Crippen LogP contribution in [-0.2, 0) is 15.8 Å². The van der Waals surface area contributed by atoms with Gasteiger partial charge in [0, 0.05) is 0 Å².